The first-order chi connectivity index (χ1) is 5.36. The van der Waals surface area contributed by atoms with E-state index < -0.39 is 0 Å². The number of anilines is 1. The topological polar surface area (TPSA) is 64.1 Å². The second-order valence-electron chi connectivity index (χ2n) is 1.72. The van der Waals surface area contributed by atoms with Crippen molar-refractivity contribution in [3.63, 3.8) is 0 Å². The van der Waals surface area contributed by atoms with E-state index in [4.69, 9.17) is 4.74 Å². The summed E-state index contributed by atoms with van der Waals surface area (Å²) in [6.45, 7) is 0. The van der Waals surface area contributed by atoms with Crippen LogP contribution < -0.4 is 10.1 Å². The normalized spacial score (nSPS) is 8.82. The molecule has 1 aromatic heterocycles. The summed E-state index contributed by atoms with van der Waals surface area (Å²) in [5.74, 6) is 0. The van der Waals surface area contributed by atoms with Crippen LogP contribution in [0.25, 0.3) is 0 Å². The minimum Gasteiger partial charge on any atom is -0.467 e. The van der Waals surface area contributed by atoms with Crippen LogP contribution in [0, 0.1) is 0 Å². The third-order valence-electron chi connectivity index (χ3n) is 1.04. The minimum atomic E-state index is 0.279. The number of aromatic nitrogens is 2. The fraction of sp³-hybridized carbons (Fsp3) is 0.167. The molecule has 1 amide bonds. The van der Waals surface area contributed by atoms with Crippen molar-refractivity contribution < 1.29 is 9.53 Å². The minimum absolute atomic E-state index is 0.279. The van der Waals surface area contributed by atoms with Crippen molar-refractivity contribution in [2.24, 2.45) is 0 Å². The maximum atomic E-state index is 9.93. The number of amides is 1. The molecule has 0 saturated heterocycles. The van der Waals surface area contributed by atoms with Gasteiger partial charge in [-0.3, -0.25) is 4.79 Å². The highest BCUT2D eigenvalue weighted by atomic mass is 16.5. The quantitative estimate of drug-likeness (QED) is 0.623. The Hall–Kier alpha value is -1.65. The van der Waals surface area contributed by atoms with Gasteiger partial charge in [-0.05, 0) is 0 Å². The van der Waals surface area contributed by atoms with Crippen molar-refractivity contribution in [2.45, 2.75) is 0 Å². The summed E-state index contributed by atoms with van der Waals surface area (Å²) in [5.41, 5.74) is 0.542. The molecule has 1 heterocycles. The molecule has 0 radical (unpaired) electrons. The van der Waals surface area contributed by atoms with Crippen LogP contribution in [0.5, 0.6) is 6.01 Å². The molecule has 11 heavy (non-hydrogen) atoms. The lowest BCUT2D eigenvalue weighted by atomic mass is 10.5. The molecule has 0 aliphatic rings. The van der Waals surface area contributed by atoms with Crippen molar-refractivity contribution in [3.05, 3.63) is 12.4 Å². The smallest absolute Gasteiger partial charge is 0.316 e. The fourth-order valence-electron chi connectivity index (χ4n) is 0.564. The number of carbonyl (C=O) groups excluding carboxylic acids is 1. The van der Waals surface area contributed by atoms with Gasteiger partial charge in [0.2, 0.25) is 6.41 Å². The number of methoxy groups -OCH3 is 1. The molecule has 0 aliphatic heterocycles. The molecule has 0 saturated carbocycles. The van der Waals surface area contributed by atoms with E-state index in [2.05, 4.69) is 15.3 Å². The molecule has 5 heteroatoms. The van der Waals surface area contributed by atoms with Gasteiger partial charge in [-0.15, -0.1) is 0 Å². The van der Waals surface area contributed by atoms with E-state index in [1.54, 1.807) is 0 Å². The highest BCUT2D eigenvalue weighted by molar-refractivity contribution is 5.69. The lowest BCUT2D eigenvalue weighted by Gasteiger charge is -1.97. The van der Waals surface area contributed by atoms with Crippen molar-refractivity contribution in [1.82, 2.24) is 9.97 Å². The molecule has 1 N–H and O–H groups in total. The van der Waals surface area contributed by atoms with Gasteiger partial charge < -0.3 is 10.1 Å². The summed E-state index contributed by atoms with van der Waals surface area (Å²) in [7, 11) is 1.47. The Bertz CT molecular complexity index is 234. The van der Waals surface area contributed by atoms with Gasteiger partial charge in [0, 0.05) is 0 Å². The Balaban J connectivity index is 2.74. The highest BCUT2D eigenvalue weighted by Crippen LogP contribution is 2.04. The molecule has 0 unspecified atom stereocenters. The third kappa shape index (κ3) is 1.89. The first kappa shape index (κ1) is 7.46. The average molecular weight is 153 g/mol. The number of hydrogen-bond acceptors (Lipinski definition) is 4. The van der Waals surface area contributed by atoms with Gasteiger partial charge in [0.1, 0.15) is 0 Å². The lowest BCUT2D eigenvalue weighted by molar-refractivity contribution is -0.105. The summed E-state index contributed by atoms with van der Waals surface area (Å²) in [4.78, 5) is 17.5. The van der Waals surface area contributed by atoms with Gasteiger partial charge in [-0.25, -0.2) is 9.97 Å². The SMILES string of the molecule is COc1ncc(NC=O)cn1. The predicted octanol–water partition coefficient (Wildman–Crippen LogP) is 0.0535. The van der Waals surface area contributed by atoms with Crippen LogP contribution in [0.1, 0.15) is 0 Å². The molecule has 0 bridgehead atoms. The van der Waals surface area contributed by atoms with Gasteiger partial charge in [0.05, 0.1) is 25.2 Å². The number of nitrogens with one attached hydrogen (secondary N) is 1. The molecular weight excluding hydrogens is 146 g/mol. The first-order valence-corrected chi connectivity index (χ1v) is 2.93. The second kappa shape index (κ2) is 3.50. The van der Waals surface area contributed by atoms with E-state index in [1.807, 2.05) is 0 Å². The van der Waals surface area contributed by atoms with Crippen LogP contribution >= 0.6 is 0 Å². The number of rotatable bonds is 3. The van der Waals surface area contributed by atoms with E-state index in [-0.39, 0.29) is 6.01 Å². The first-order valence-electron chi connectivity index (χ1n) is 2.93. The molecule has 1 rings (SSSR count). The zero-order valence-electron chi connectivity index (χ0n) is 5.94. The Morgan fingerprint density at radius 3 is 2.64 bits per heavy atom. The van der Waals surface area contributed by atoms with Gasteiger partial charge in [-0.1, -0.05) is 0 Å². The van der Waals surface area contributed by atoms with Gasteiger partial charge in [0.25, 0.3) is 0 Å². The van der Waals surface area contributed by atoms with E-state index >= 15 is 0 Å². The van der Waals surface area contributed by atoms with E-state index in [0.29, 0.717) is 12.1 Å². The van der Waals surface area contributed by atoms with Crippen molar-refractivity contribution >= 4 is 12.1 Å². The van der Waals surface area contributed by atoms with Gasteiger partial charge in [-0.2, -0.15) is 0 Å². The van der Waals surface area contributed by atoms with Crippen LogP contribution in [0.3, 0.4) is 0 Å². The molecule has 0 atom stereocenters. The lowest BCUT2D eigenvalue weighted by Crippen LogP contribution is -1.97. The second-order valence-corrected chi connectivity index (χ2v) is 1.72. The molecule has 0 aliphatic carbocycles. The standard InChI is InChI=1S/C6H7N3O2/c1-11-6-7-2-5(3-8-6)9-4-10/h2-4H,1H3,(H,9,10). The summed E-state index contributed by atoms with van der Waals surface area (Å²) >= 11 is 0. The average Bonchev–Trinajstić information content (AvgIpc) is 2.07. The predicted molar refractivity (Wildman–Crippen MR) is 38.3 cm³/mol. The number of hydrogen-bond donors (Lipinski definition) is 1. The van der Waals surface area contributed by atoms with Crippen molar-refractivity contribution in [2.75, 3.05) is 12.4 Å². The molecule has 5 nitrogen and oxygen atoms in total. The monoisotopic (exact) mass is 153 g/mol. The van der Waals surface area contributed by atoms with Crippen molar-refractivity contribution in [1.29, 1.82) is 0 Å². The van der Waals surface area contributed by atoms with Crippen LogP contribution in [-0.2, 0) is 4.79 Å². The van der Waals surface area contributed by atoms with Crippen LogP contribution in [0.2, 0.25) is 0 Å². The largest absolute Gasteiger partial charge is 0.467 e. The number of ether oxygens (including phenoxy) is 1. The number of carbonyl (C=O) groups is 1. The summed E-state index contributed by atoms with van der Waals surface area (Å²) in [6.07, 6.45) is 3.48. The summed E-state index contributed by atoms with van der Waals surface area (Å²) < 4.78 is 4.71. The van der Waals surface area contributed by atoms with E-state index in [1.165, 1.54) is 19.5 Å². The fourth-order valence-corrected chi connectivity index (χ4v) is 0.564. The third-order valence-corrected chi connectivity index (χ3v) is 1.04. The zero-order chi connectivity index (χ0) is 8.10. The Morgan fingerprint density at radius 2 is 2.18 bits per heavy atom. The van der Waals surface area contributed by atoms with Gasteiger partial charge >= 0.3 is 6.01 Å². The Morgan fingerprint density at radius 1 is 1.55 bits per heavy atom. The summed E-state index contributed by atoms with van der Waals surface area (Å²) in [5, 5.41) is 2.40. The molecule has 0 fully saturated rings. The summed E-state index contributed by atoms with van der Waals surface area (Å²) in [6, 6.07) is 0.279. The Labute approximate surface area is 63.4 Å². The molecule has 58 valence electrons. The Kier molecular flexibility index (Phi) is 2.37. The van der Waals surface area contributed by atoms with E-state index in [9.17, 15) is 4.79 Å². The van der Waals surface area contributed by atoms with E-state index in [0.717, 1.165) is 0 Å². The molecule has 0 aromatic carbocycles. The number of nitrogens with zero attached hydrogens (tertiary/aromatic N) is 2. The van der Waals surface area contributed by atoms with Gasteiger partial charge in [0.15, 0.2) is 0 Å². The van der Waals surface area contributed by atoms with Crippen LogP contribution in [0.15, 0.2) is 12.4 Å². The molecule has 0 spiro atoms. The maximum absolute atomic E-state index is 9.93. The van der Waals surface area contributed by atoms with Crippen LogP contribution in [0.4, 0.5) is 5.69 Å². The zero-order valence-corrected chi connectivity index (χ0v) is 5.94. The van der Waals surface area contributed by atoms with Crippen molar-refractivity contribution in [3.8, 4) is 6.01 Å². The highest BCUT2D eigenvalue weighted by Gasteiger charge is 1.93. The molecule has 1 aromatic rings. The molecular formula is C6H7N3O2. The van der Waals surface area contributed by atoms with Crippen LogP contribution in [-0.4, -0.2) is 23.5 Å². The maximum Gasteiger partial charge on any atom is 0.316 e.